The summed E-state index contributed by atoms with van der Waals surface area (Å²) in [6.07, 6.45) is 1.64. The van der Waals surface area contributed by atoms with Crippen LogP contribution < -0.4 is 8.35 Å². The number of carbonyl (C=O) groups excluding carboxylic acids is 1. The number of para-hydroxylation sites is 1. The Morgan fingerprint density at radius 3 is 2.60 bits per heavy atom. The summed E-state index contributed by atoms with van der Waals surface area (Å²) in [5.74, 6) is 0.285. The molecule has 2 aromatic carbocycles. The van der Waals surface area contributed by atoms with Crippen molar-refractivity contribution < 1.29 is 13.9 Å². The predicted octanol–water partition coefficient (Wildman–Crippen LogP) is 2.56. The van der Waals surface area contributed by atoms with Crippen LogP contribution in [0.5, 0.6) is 5.75 Å². The van der Waals surface area contributed by atoms with Gasteiger partial charge in [-0.3, -0.25) is 0 Å². The maximum absolute atomic E-state index is 12.9. The summed E-state index contributed by atoms with van der Waals surface area (Å²) in [7, 11) is 0. The fraction of sp³-hybridized carbons (Fsp3) is 0.0625. The van der Waals surface area contributed by atoms with E-state index in [2.05, 4.69) is 6.58 Å². The third-order valence-corrected chi connectivity index (χ3v) is 5.09. The minimum absolute atomic E-state index is 0.0710. The van der Waals surface area contributed by atoms with Crippen molar-refractivity contribution in [2.24, 2.45) is 0 Å². The third kappa shape index (κ3) is 3.93. The van der Waals surface area contributed by atoms with Gasteiger partial charge in [-0.05, 0) is 0 Å². The van der Waals surface area contributed by atoms with Crippen molar-refractivity contribution in [3.63, 3.8) is 0 Å². The van der Waals surface area contributed by atoms with E-state index < -0.39 is 20.9 Å². The van der Waals surface area contributed by atoms with E-state index in [1.165, 1.54) is 12.1 Å². The van der Waals surface area contributed by atoms with E-state index in [1.807, 2.05) is 12.1 Å². The van der Waals surface area contributed by atoms with Gasteiger partial charge in [0, 0.05) is 0 Å². The Balaban J connectivity index is 2.16. The SMILES string of the molecule is C=CCOc1ccccc1C(=O)[Te]c1ccc(F)cc1. The molecule has 0 heterocycles. The van der Waals surface area contributed by atoms with Crippen molar-refractivity contribution in [1.82, 2.24) is 0 Å². The Bertz CT molecular complexity index is 608. The summed E-state index contributed by atoms with van der Waals surface area (Å²) in [4.78, 5) is 12.3. The minimum atomic E-state index is -1.07. The first-order chi connectivity index (χ1) is 9.70. The van der Waals surface area contributed by atoms with Gasteiger partial charge in [-0.25, -0.2) is 0 Å². The standard InChI is InChI=1S/C16H13FO2Te/c1-2-11-19-15-6-4-3-5-14(15)16(18)20-13-9-7-12(17)8-10-13/h2-10H,1,11H2. The molecule has 0 bridgehead atoms. The zero-order valence-electron chi connectivity index (χ0n) is 10.7. The summed E-state index contributed by atoms with van der Waals surface area (Å²) in [5, 5.41) is 0. The first-order valence-electron chi connectivity index (χ1n) is 6.01. The molecule has 0 fully saturated rings. The molecular formula is C16H13FO2Te. The molecule has 4 heteroatoms. The van der Waals surface area contributed by atoms with Crippen LogP contribution >= 0.6 is 0 Å². The van der Waals surface area contributed by atoms with E-state index in [9.17, 15) is 9.18 Å². The Morgan fingerprint density at radius 1 is 1.20 bits per heavy atom. The number of carbonyl (C=O) groups is 1. The van der Waals surface area contributed by atoms with E-state index >= 15 is 0 Å². The van der Waals surface area contributed by atoms with Crippen LogP contribution in [0, 0.1) is 5.82 Å². The fourth-order valence-electron chi connectivity index (χ4n) is 1.57. The second-order valence-electron chi connectivity index (χ2n) is 3.94. The first kappa shape index (κ1) is 14.8. The molecule has 2 rings (SSSR count). The molecular weight excluding hydrogens is 371 g/mol. The van der Waals surface area contributed by atoms with Crippen molar-refractivity contribution >= 4 is 28.4 Å². The second kappa shape index (κ2) is 7.23. The molecule has 0 N–H and O–H groups in total. The quantitative estimate of drug-likeness (QED) is 0.566. The number of hydrogen-bond acceptors (Lipinski definition) is 2. The van der Waals surface area contributed by atoms with Crippen LogP contribution in [0.2, 0.25) is 0 Å². The van der Waals surface area contributed by atoms with Crippen LogP contribution in [-0.4, -0.2) is 31.4 Å². The van der Waals surface area contributed by atoms with Gasteiger partial charge in [0.1, 0.15) is 0 Å². The van der Waals surface area contributed by atoms with Gasteiger partial charge < -0.3 is 0 Å². The van der Waals surface area contributed by atoms with Gasteiger partial charge in [0.05, 0.1) is 0 Å². The van der Waals surface area contributed by atoms with Crippen LogP contribution in [0.15, 0.2) is 61.2 Å². The fourth-order valence-corrected chi connectivity index (χ4v) is 3.76. The number of hydrogen-bond donors (Lipinski definition) is 0. The Labute approximate surface area is 127 Å². The normalized spacial score (nSPS) is 10.1. The van der Waals surface area contributed by atoms with Crippen molar-refractivity contribution in [1.29, 1.82) is 0 Å². The molecule has 2 nitrogen and oxygen atoms in total. The first-order valence-corrected chi connectivity index (χ1v) is 8.34. The van der Waals surface area contributed by atoms with E-state index in [0.717, 1.165) is 3.61 Å². The molecule has 0 aromatic heterocycles. The summed E-state index contributed by atoms with van der Waals surface area (Å²) >= 11 is -1.07. The predicted molar refractivity (Wildman–Crippen MR) is 78.3 cm³/mol. The van der Waals surface area contributed by atoms with Crippen LogP contribution in [0.1, 0.15) is 10.4 Å². The number of ether oxygens (including phenoxy) is 1. The Morgan fingerprint density at radius 2 is 1.90 bits per heavy atom. The van der Waals surface area contributed by atoms with Gasteiger partial charge >= 0.3 is 127 Å². The van der Waals surface area contributed by atoms with Gasteiger partial charge in [0.15, 0.2) is 0 Å². The number of benzene rings is 2. The second-order valence-corrected chi connectivity index (χ2v) is 6.93. The van der Waals surface area contributed by atoms with E-state index in [1.54, 1.807) is 30.3 Å². The van der Waals surface area contributed by atoms with Crippen molar-refractivity contribution in [3.05, 3.63) is 72.6 Å². The van der Waals surface area contributed by atoms with E-state index in [4.69, 9.17) is 4.74 Å². The van der Waals surface area contributed by atoms with Gasteiger partial charge in [0.25, 0.3) is 0 Å². The monoisotopic (exact) mass is 386 g/mol. The summed E-state index contributed by atoms with van der Waals surface area (Å²) < 4.78 is 19.3. The van der Waals surface area contributed by atoms with E-state index in [0.29, 0.717) is 17.9 Å². The van der Waals surface area contributed by atoms with Gasteiger partial charge in [-0.1, -0.05) is 0 Å². The summed E-state index contributed by atoms with van der Waals surface area (Å²) in [6.45, 7) is 3.95. The molecule has 0 aliphatic carbocycles. The molecule has 0 atom stereocenters. The Hall–Kier alpha value is -1.63. The van der Waals surface area contributed by atoms with Gasteiger partial charge in [-0.15, -0.1) is 0 Å². The average Bonchev–Trinajstić information content (AvgIpc) is 2.47. The van der Waals surface area contributed by atoms with Crippen molar-refractivity contribution in [2.75, 3.05) is 6.61 Å². The molecule has 102 valence electrons. The molecule has 2 aromatic rings. The number of rotatable bonds is 6. The van der Waals surface area contributed by atoms with Crippen LogP contribution in [0.25, 0.3) is 0 Å². The van der Waals surface area contributed by atoms with Crippen LogP contribution in [0.3, 0.4) is 0 Å². The molecule has 0 saturated heterocycles. The van der Waals surface area contributed by atoms with Crippen molar-refractivity contribution in [3.8, 4) is 5.75 Å². The third-order valence-electron chi connectivity index (χ3n) is 2.49. The molecule has 0 unspecified atom stereocenters. The molecule has 0 spiro atoms. The maximum atomic E-state index is 12.9. The summed E-state index contributed by atoms with van der Waals surface area (Å²) in [6, 6.07) is 13.3. The van der Waals surface area contributed by atoms with E-state index in [-0.39, 0.29) is 9.65 Å². The zero-order chi connectivity index (χ0) is 14.4. The molecule has 0 radical (unpaired) electrons. The number of halogens is 1. The molecule has 0 aliphatic heterocycles. The average molecular weight is 384 g/mol. The molecule has 0 amide bonds. The van der Waals surface area contributed by atoms with Crippen LogP contribution in [-0.2, 0) is 0 Å². The van der Waals surface area contributed by atoms with Gasteiger partial charge in [0.2, 0.25) is 0 Å². The molecule has 0 aliphatic rings. The van der Waals surface area contributed by atoms with Crippen molar-refractivity contribution in [2.45, 2.75) is 0 Å². The van der Waals surface area contributed by atoms with Gasteiger partial charge in [-0.2, -0.15) is 0 Å². The molecule has 0 saturated carbocycles. The zero-order valence-corrected chi connectivity index (χ0v) is 13.0. The Kier molecular flexibility index (Phi) is 5.34. The van der Waals surface area contributed by atoms with Crippen LogP contribution in [0.4, 0.5) is 4.39 Å². The topological polar surface area (TPSA) is 26.3 Å². The molecule has 20 heavy (non-hydrogen) atoms. The summed E-state index contributed by atoms with van der Waals surface area (Å²) in [5.41, 5.74) is 0.584.